The van der Waals surface area contributed by atoms with E-state index in [4.69, 9.17) is 12.2 Å². The Bertz CT molecular complexity index is 1010. The number of amides is 1. The van der Waals surface area contributed by atoms with E-state index in [1.54, 1.807) is 18.2 Å². The van der Waals surface area contributed by atoms with Crippen molar-refractivity contribution in [3.8, 4) is 5.88 Å². The normalized spacial score (nSPS) is 15.1. The van der Waals surface area contributed by atoms with E-state index in [9.17, 15) is 14.7 Å². The van der Waals surface area contributed by atoms with Crippen LogP contribution in [0.1, 0.15) is 17.4 Å². The Labute approximate surface area is 129 Å². The molecule has 1 aromatic heterocycles. The number of fused-ring (bicyclic) bond motifs is 1. The number of hydrogen-bond donors (Lipinski definition) is 2. The molecule has 0 radical (unpaired) electrons. The second-order valence-electron chi connectivity index (χ2n) is 4.74. The number of nitrogens with one attached hydrogen (secondary N) is 1. The van der Waals surface area contributed by atoms with Gasteiger partial charge in [-0.3, -0.25) is 14.2 Å². The summed E-state index contributed by atoms with van der Waals surface area (Å²) < 4.78 is 1.19. The zero-order valence-corrected chi connectivity index (χ0v) is 12.3. The van der Waals surface area contributed by atoms with Gasteiger partial charge in [0.2, 0.25) is 11.8 Å². The molecule has 110 valence electrons. The zero-order valence-electron chi connectivity index (χ0n) is 11.5. The van der Waals surface area contributed by atoms with Crippen LogP contribution in [0.4, 0.5) is 0 Å². The minimum atomic E-state index is -0.444. The van der Waals surface area contributed by atoms with Crippen molar-refractivity contribution in [2.75, 3.05) is 0 Å². The Morgan fingerprint density at radius 2 is 2.14 bits per heavy atom. The molecule has 1 aliphatic heterocycles. The summed E-state index contributed by atoms with van der Waals surface area (Å²) in [6.45, 7) is 1.32. The topological polar surface area (TPSA) is 87.4 Å². The second-order valence-corrected chi connectivity index (χ2v) is 5.12. The third-order valence-corrected chi connectivity index (χ3v) is 3.52. The fourth-order valence-corrected chi connectivity index (χ4v) is 2.57. The van der Waals surface area contributed by atoms with Crippen LogP contribution < -0.4 is 10.6 Å². The number of imidazole rings is 1. The van der Waals surface area contributed by atoms with Crippen LogP contribution in [-0.2, 0) is 4.79 Å². The first-order valence-electron chi connectivity index (χ1n) is 6.44. The van der Waals surface area contributed by atoms with Crippen LogP contribution >= 0.6 is 12.2 Å². The monoisotopic (exact) mass is 313 g/mol. The number of hydrogen-bond acceptors (Lipinski definition) is 4. The standard InChI is InChI=1S/C15H11N3O3S/c1-8(19)18-12(14(21)17-15(18)22)7-10-6-9-4-2-3-5-11(9)16-13(10)20/h2-7,21H,1H3,(H,17,22). The van der Waals surface area contributed by atoms with Gasteiger partial charge in [-0.05, 0) is 30.4 Å². The molecule has 2 aromatic rings. The number of aromatic nitrogens is 2. The summed E-state index contributed by atoms with van der Waals surface area (Å²) in [5, 5.41) is 11.3. The molecule has 0 saturated heterocycles. The van der Waals surface area contributed by atoms with Crippen LogP contribution in [0.2, 0.25) is 0 Å². The molecule has 6 nitrogen and oxygen atoms in total. The van der Waals surface area contributed by atoms with Gasteiger partial charge in [0, 0.05) is 17.7 Å². The minimum Gasteiger partial charge on any atom is -0.493 e. The summed E-state index contributed by atoms with van der Waals surface area (Å²) in [7, 11) is 0. The zero-order chi connectivity index (χ0) is 15.9. The summed E-state index contributed by atoms with van der Waals surface area (Å²) in [6.07, 6.45) is 3.05. The fraction of sp³-hybridized carbons (Fsp3) is 0.0667. The number of rotatable bonds is 1. The van der Waals surface area contributed by atoms with Gasteiger partial charge in [0.25, 0.3) is 5.91 Å². The van der Waals surface area contributed by atoms with Crippen molar-refractivity contribution in [2.45, 2.75) is 6.92 Å². The number of benzene rings is 1. The highest BCUT2D eigenvalue weighted by Gasteiger charge is 2.16. The van der Waals surface area contributed by atoms with Crippen LogP contribution in [0.25, 0.3) is 12.2 Å². The Morgan fingerprint density at radius 1 is 1.41 bits per heavy atom. The first kappa shape index (κ1) is 14.2. The second kappa shape index (κ2) is 5.19. The third-order valence-electron chi connectivity index (χ3n) is 3.24. The van der Waals surface area contributed by atoms with Gasteiger partial charge in [0.1, 0.15) is 5.69 Å². The molecule has 0 fully saturated rings. The van der Waals surface area contributed by atoms with E-state index < -0.39 is 5.91 Å². The lowest BCUT2D eigenvalue weighted by Crippen LogP contribution is -2.30. The highest BCUT2D eigenvalue weighted by Crippen LogP contribution is 2.20. The van der Waals surface area contributed by atoms with Crippen molar-refractivity contribution in [2.24, 2.45) is 4.99 Å². The van der Waals surface area contributed by atoms with Gasteiger partial charge in [-0.2, -0.15) is 0 Å². The molecule has 0 spiro atoms. The van der Waals surface area contributed by atoms with Crippen molar-refractivity contribution < 1.29 is 14.7 Å². The van der Waals surface area contributed by atoms with Gasteiger partial charge in [-0.15, -0.1) is 0 Å². The maximum absolute atomic E-state index is 12.1. The molecule has 0 unspecified atom stereocenters. The lowest BCUT2D eigenvalue weighted by atomic mass is 10.1. The number of carbonyl (C=O) groups excluding carboxylic acids is 2. The molecular weight excluding hydrogens is 302 g/mol. The summed E-state index contributed by atoms with van der Waals surface area (Å²) >= 11 is 4.98. The summed E-state index contributed by atoms with van der Waals surface area (Å²) in [5.74, 6) is -1.08. The minimum absolute atomic E-state index is 0.0671. The number of para-hydroxylation sites is 1. The van der Waals surface area contributed by atoms with Crippen LogP contribution in [0.3, 0.4) is 0 Å². The quantitative estimate of drug-likeness (QED) is 0.606. The van der Waals surface area contributed by atoms with Crippen LogP contribution in [0.5, 0.6) is 5.88 Å². The van der Waals surface area contributed by atoms with Crippen LogP contribution in [-0.4, -0.2) is 26.5 Å². The predicted octanol–water partition coefficient (Wildman–Crippen LogP) is 0.935. The van der Waals surface area contributed by atoms with Gasteiger partial charge in [-0.25, -0.2) is 4.99 Å². The molecule has 22 heavy (non-hydrogen) atoms. The molecule has 1 amide bonds. The predicted molar refractivity (Wildman–Crippen MR) is 82.3 cm³/mol. The number of nitrogens with zero attached hydrogens (tertiary/aromatic N) is 2. The van der Waals surface area contributed by atoms with Crippen molar-refractivity contribution >= 4 is 36.2 Å². The van der Waals surface area contributed by atoms with Gasteiger partial charge in [0.15, 0.2) is 4.77 Å². The Kier molecular flexibility index (Phi) is 3.34. The van der Waals surface area contributed by atoms with Gasteiger partial charge in [-0.1, -0.05) is 18.2 Å². The molecule has 1 aromatic carbocycles. The van der Waals surface area contributed by atoms with E-state index in [0.29, 0.717) is 5.36 Å². The van der Waals surface area contributed by atoms with Crippen molar-refractivity contribution in [3.63, 3.8) is 0 Å². The number of aromatic hydroxyl groups is 1. The lowest BCUT2D eigenvalue weighted by Gasteiger charge is -2.04. The van der Waals surface area contributed by atoms with E-state index in [-0.39, 0.29) is 27.8 Å². The molecule has 2 N–H and O–H groups in total. The Hall–Kier alpha value is -2.80. The number of H-pyrrole nitrogens is 1. The molecule has 1 aliphatic rings. The third kappa shape index (κ3) is 2.31. The average molecular weight is 313 g/mol. The average Bonchev–Trinajstić information content (AvgIpc) is 2.74. The maximum Gasteiger partial charge on any atom is 0.277 e. The van der Waals surface area contributed by atoms with Gasteiger partial charge < -0.3 is 10.1 Å². The van der Waals surface area contributed by atoms with Crippen molar-refractivity contribution in [1.82, 2.24) is 9.55 Å². The molecule has 2 heterocycles. The summed E-state index contributed by atoms with van der Waals surface area (Å²) in [6, 6.07) is 7.20. The lowest BCUT2D eigenvalue weighted by molar-refractivity contribution is -0.114. The maximum atomic E-state index is 12.1. The van der Waals surface area contributed by atoms with E-state index in [0.717, 1.165) is 9.79 Å². The van der Waals surface area contributed by atoms with Crippen molar-refractivity contribution in [3.05, 3.63) is 50.9 Å². The van der Waals surface area contributed by atoms with E-state index in [1.807, 2.05) is 12.1 Å². The Morgan fingerprint density at radius 3 is 2.86 bits per heavy atom. The highest BCUT2D eigenvalue weighted by molar-refractivity contribution is 7.71. The first-order chi connectivity index (χ1) is 10.5. The van der Waals surface area contributed by atoms with Crippen molar-refractivity contribution in [1.29, 1.82) is 0 Å². The van der Waals surface area contributed by atoms with E-state index in [2.05, 4.69) is 9.98 Å². The van der Waals surface area contributed by atoms with Crippen LogP contribution in [0.15, 0.2) is 34.8 Å². The largest absolute Gasteiger partial charge is 0.493 e. The molecule has 0 bridgehead atoms. The number of aromatic amines is 1. The molecule has 7 heteroatoms. The number of carbonyl (C=O) groups is 2. The summed E-state index contributed by atoms with van der Waals surface area (Å²) in [4.78, 5) is 30.2. The smallest absolute Gasteiger partial charge is 0.277 e. The first-order valence-corrected chi connectivity index (χ1v) is 6.84. The highest BCUT2D eigenvalue weighted by atomic mass is 32.1. The van der Waals surface area contributed by atoms with Crippen LogP contribution in [0, 0.1) is 4.77 Å². The molecular formula is C15H11N3O3S. The fourth-order valence-electron chi connectivity index (χ4n) is 2.25. The van der Waals surface area contributed by atoms with E-state index in [1.165, 1.54) is 13.0 Å². The molecule has 0 atom stereocenters. The Balaban J connectivity index is 2.23. The SMILES string of the molecule is CC(=O)n1c(C=C2C=c3ccccc3=NC2=O)c(O)[nH]c1=S. The summed E-state index contributed by atoms with van der Waals surface area (Å²) in [5.41, 5.74) is 0.393. The van der Waals surface area contributed by atoms with E-state index >= 15 is 0 Å². The molecule has 3 rings (SSSR count). The van der Waals surface area contributed by atoms with Gasteiger partial charge >= 0.3 is 0 Å². The van der Waals surface area contributed by atoms with Gasteiger partial charge in [0.05, 0.1) is 5.36 Å². The molecule has 0 saturated carbocycles. The molecule has 0 aliphatic carbocycles.